The van der Waals surface area contributed by atoms with Gasteiger partial charge in [0.2, 0.25) is 0 Å². The maximum Gasteiger partial charge on any atom is 0.258 e. The highest BCUT2D eigenvalue weighted by Gasteiger charge is 2.32. The molecule has 0 saturated heterocycles. The Morgan fingerprint density at radius 3 is 2.87 bits per heavy atom. The van der Waals surface area contributed by atoms with Crippen molar-refractivity contribution >= 4 is 5.91 Å². The minimum absolute atomic E-state index is 0.120. The van der Waals surface area contributed by atoms with E-state index >= 15 is 0 Å². The Bertz CT molecular complexity index is 1090. The smallest absolute Gasteiger partial charge is 0.258 e. The van der Waals surface area contributed by atoms with Gasteiger partial charge in [-0.1, -0.05) is 18.2 Å². The molecule has 8 nitrogen and oxygen atoms in total. The molecule has 2 aromatic carbocycles. The number of hydrogen-bond acceptors (Lipinski definition) is 6. The van der Waals surface area contributed by atoms with E-state index in [4.69, 9.17) is 9.47 Å². The quantitative estimate of drug-likeness (QED) is 0.676. The fourth-order valence-electron chi connectivity index (χ4n) is 3.45. The average molecular weight is 407 g/mol. The SMILES string of the molecule is Cc1ccc(-n2nnnc2CNC(=O)COc2cccc3c2OC(C)(C)C3)cc1C. The standard InChI is InChI=1S/C22H25N5O3/c1-14-8-9-17(10-15(14)2)27-19(24-25-26-27)12-23-20(28)13-29-18-7-5-6-16-11-22(3,4)30-21(16)18/h5-10H,11-13H2,1-4H3,(H,23,28). The number of aryl methyl sites for hydroxylation is 2. The Labute approximate surface area is 175 Å². The summed E-state index contributed by atoms with van der Waals surface area (Å²) in [6.07, 6.45) is 0.812. The van der Waals surface area contributed by atoms with E-state index in [1.165, 1.54) is 5.56 Å². The zero-order valence-corrected chi connectivity index (χ0v) is 17.6. The van der Waals surface area contributed by atoms with Crippen LogP contribution in [0.3, 0.4) is 0 Å². The van der Waals surface area contributed by atoms with Crippen molar-refractivity contribution in [3.05, 3.63) is 58.9 Å². The molecule has 4 rings (SSSR count). The molecule has 30 heavy (non-hydrogen) atoms. The van der Waals surface area contributed by atoms with Gasteiger partial charge in [0, 0.05) is 12.0 Å². The second kappa shape index (κ2) is 7.78. The van der Waals surface area contributed by atoms with Crippen molar-refractivity contribution in [1.29, 1.82) is 0 Å². The first-order valence-electron chi connectivity index (χ1n) is 9.88. The van der Waals surface area contributed by atoms with Crippen molar-refractivity contribution in [2.45, 2.75) is 46.3 Å². The minimum Gasteiger partial charge on any atom is -0.483 e. The monoisotopic (exact) mass is 407 g/mol. The summed E-state index contributed by atoms with van der Waals surface area (Å²) >= 11 is 0. The lowest BCUT2D eigenvalue weighted by atomic mass is 10.0. The van der Waals surface area contributed by atoms with Gasteiger partial charge in [0.05, 0.1) is 12.2 Å². The van der Waals surface area contributed by atoms with Crippen LogP contribution in [0.1, 0.15) is 36.4 Å². The van der Waals surface area contributed by atoms with Crippen molar-refractivity contribution in [3.8, 4) is 17.2 Å². The number of nitrogens with zero attached hydrogens (tertiary/aromatic N) is 4. The van der Waals surface area contributed by atoms with E-state index in [1.807, 2.05) is 64.1 Å². The van der Waals surface area contributed by atoms with E-state index in [9.17, 15) is 4.79 Å². The van der Waals surface area contributed by atoms with Gasteiger partial charge in [-0.15, -0.1) is 5.10 Å². The molecule has 1 amide bonds. The number of amides is 1. The Morgan fingerprint density at radius 1 is 1.23 bits per heavy atom. The number of carbonyl (C=O) groups is 1. The molecule has 1 aromatic heterocycles. The Hall–Kier alpha value is -3.42. The topological polar surface area (TPSA) is 91.2 Å². The van der Waals surface area contributed by atoms with Crippen molar-refractivity contribution in [2.75, 3.05) is 6.61 Å². The summed E-state index contributed by atoms with van der Waals surface area (Å²) in [5.74, 6) is 1.57. The Balaban J connectivity index is 1.37. The molecule has 0 saturated carbocycles. The third-order valence-corrected chi connectivity index (χ3v) is 5.13. The fraction of sp³-hybridized carbons (Fsp3) is 0.364. The summed E-state index contributed by atoms with van der Waals surface area (Å²) in [6.45, 7) is 8.22. The summed E-state index contributed by atoms with van der Waals surface area (Å²) in [5.41, 5.74) is 4.01. The molecule has 0 unspecified atom stereocenters. The van der Waals surface area contributed by atoms with Crippen LogP contribution in [0.4, 0.5) is 0 Å². The zero-order chi connectivity index (χ0) is 21.3. The molecule has 1 N–H and O–H groups in total. The highest BCUT2D eigenvalue weighted by atomic mass is 16.5. The van der Waals surface area contributed by atoms with Crippen LogP contribution < -0.4 is 14.8 Å². The Kier molecular flexibility index (Phi) is 5.15. The molecule has 0 fully saturated rings. The molecule has 1 aliphatic rings. The molecule has 8 heteroatoms. The third kappa shape index (κ3) is 4.12. The highest BCUT2D eigenvalue weighted by Crippen LogP contribution is 2.41. The average Bonchev–Trinajstić information content (AvgIpc) is 3.29. The van der Waals surface area contributed by atoms with Gasteiger partial charge < -0.3 is 14.8 Å². The van der Waals surface area contributed by atoms with E-state index < -0.39 is 0 Å². The van der Waals surface area contributed by atoms with Gasteiger partial charge in [-0.05, 0) is 67.4 Å². The van der Waals surface area contributed by atoms with E-state index in [0.717, 1.165) is 23.2 Å². The van der Waals surface area contributed by atoms with E-state index in [-0.39, 0.29) is 24.7 Å². The normalized spacial score (nSPS) is 14.1. The van der Waals surface area contributed by atoms with Crippen LogP contribution in [0.2, 0.25) is 0 Å². The van der Waals surface area contributed by atoms with E-state index in [2.05, 4.69) is 20.8 Å². The molecule has 2 heterocycles. The second-order valence-electron chi connectivity index (χ2n) is 8.12. The second-order valence-corrected chi connectivity index (χ2v) is 8.12. The number of carbonyl (C=O) groups excluding carboxylic acids is 1. The predicted molar refractivity (Wildman–Crippen MR) is 111 cm³/mol. The van der Waals surface area contributed by atoms with Gasteiger partial charge in [0.25, 0.3) is 5.91 Å². The summed E-state index contributed by atoms with van der Waals surface area (Å²) in [6, 6.07) is 11.7. The predicted octanol–water partition coefficient (Wildman–Crippen LogP) is 2.69. The number of ether oxygens (including phenoxy) is 2. The highest BCUT2D eigenvalue weighted by molar-refractivity contribution is 5.77. The van der Waals surface area contributed by atoms with Crippen LogP contribution >= 0.6 is 0 Å². The minimum atomic E-state index is -0.268. The van der Waals surface area contributed by atoms with Crippen molar-refractivity contribution in [3.63, 3.8) is 0 Å². The fourth-order valence-corrected chi connectivity index (χ4v) is 3.45. The number of aromatic nitrogens is 4. The van der Waals surface area contributed by atoms with Crippen LogP contribution in [-0.2, 0) is 17.8 Å². The van der Waals surface area contributed by atoms with Crippen LogP contribution in [0, 0.1) is 13.8 Å². The molecule has 156 valence electrons. The number of tetrazole rings is 1. The maximum atomic E-state index is 12.3. The summed E-state index contributed by atoms with van der Waals surface area (Å²) < 4.78 is 13.3. The Morgan fingerprint density at radius 2 is 2.07 bits per heavy atom. The molecule has 0 radical (unpaired) electrons. The van der Waals surface area contributed by atoms with E-state index in [0.29, 0.717) is 17.3 Å². The van der Waals surface area contributed by atoms with Crippen LogP contribution in [0.25, 0.3) is 5.69 Å². The van der Waals surface area contributed by atoms with Crippen molar-refractivity contribution in [1.82, 2.24) is 25.5 Å². The number of nitrogens with one attached hydrogen (secondary N) is 1. The van der Waals surface area contributed by atoms with Gasteiger partial charge >= 0.3 is 0 Å². The van der Waals surface area contributed by atoms with Gasteiger partial charge in [-0.25, -0.2) is 0 Å². The first kappa shape index (κ1) is 19.9. The van der Waals surface area contributed by atoms with Crippen LogP contribution in [0.15, 0.2) is 36.4 Å². The molecule has 0 spiro atoms. The van der Waals surface area contributed by atoms with Crippen molar-refractivity contribution in [2.24, 2.45) is 0 Å². The van der Waals surface area contributed by atoms with Crippen molar-refractivity contribution < 1.29 is 14.3 Å². The van der Waals surface area contributed by atoms with Gasteiger partial charge in [0.1, 0.15) is 5.60 Å². The molecule has 0 aliphatic carbocycles. The van der Waals surface area contributed by atoms with Gasteiger partial charge in [-0.3, -0.25) is 4.79 Å². The van der Waals surface area contributed by atoms with E-state index in [1.54, 1.807) is 4.68 Å². The molecule has 3 aromatic rings. The lowest BCUT2D eigenvalue weighted by Crippen LogP contribution is -2.29. The van der Waals surface area contributed by atoms with Gasteiger partial charge in [-0.2, -0.15) is 4.68 Å². The first-order valence-corrected chi connectivity index (χ1v) is 9.88. The molecule has 1 aliphatic heterocycles. The van der Waals surface area contributed by atoms with Crippen LogP contribution in [-0.4, -0.2) is 38.3 Å². The van der Waals surface area contributed by atoms with Crippen LogP contribution in [0.5, 0.6) is 11.5 Å². The third-order valence-electron chi connectivity index (χ3n) is 5.13. The summed E-state index contributed by atoms with van der Waals surface area (Å²) in [5, 5.41) is 14.6. The number of hydrogen-bond donors (Lipinski definition) is 1. The van der Waals surface area contributed by atoms with Gasteiger partial charge in [0.15, 0.2) is 23.9 Å². The summed E-state index contributed by atoms with van der Waals surface area (Å²) in [4.78, 5) is 12.3. The largest absolute Gasteiger partial charge is 0.483 e. The lowest BCUT2D eigenvalue weighted by molar-refractivity contribution is -0.123. The number of rotatable bonds is 6. The number of para-hydroxylation sites is 1. The lowest BCUT2D eigenvalue weighted by Gasteiger charge is -2.18. The molecular weight excluding hydrogens is 382 g/mol. The zero-order valence-electron chi connectivity index (χ0n) is 17.6. The number of benzene rings is 2. The molecule has 0 bridgehead atoms. The molecular formula is C22H25N5O3. The summed E-state index contributed by atoms with van der Waals surface area (Å²) in [7, 11) is 0. The first-order chi connectivity index (χ1) is 14.3. The molecule has 0 atom stereocenters. The maximum absolute atomic E-state index is 12.3. The number of fused-ring (bicyclic) bond motifs is 1.